The predicted molar refractivity (Wildman–Crippen MR) is 98.5 cm³/mol. The first kappa shape index (κ1) is 19.7. The second-order valence-corrected chi connectivity index (χ2v) is 6.24. The van der Waals surface area contributed by atoms with Crippen LogP contribution in [0.5, 0.6) is 5.75 Å². The van der Waals surface area contributed by atoms with Gasteiger partial charge in [-0.3, -0.25) is 14.3 Å². The van der Waals surface area contributed by atoms with Gasteiger partial charge in [0.15, 0.2) is 5.65 Å². The Labute approximate surface area is 157 Å². The predicted octanol–water partition coefficient (Wildman–Crippen LogP) is 3.58. The van der Waals surface area contributed by atoms with Crippen molar-refractivity contribution < 1.29 is 17.9 Å². The summed E-state index contributed by atoms with van der Waals surface area (Å²) in [5.74, 6) is 0.539. The number of aryl methyl sites for hydroxylation is 1. The van der Waals surface area contributed by atoms with E-state index in [1.54, 1.807) is 24.3 Å². The number of alkyl halides is 3. The minimum absolute atomic E-state index is 0.0118. The van der Waals surface area contributed by atoms with Crippen molar-refractivity contribution in [1.82, 2.24) is 14.5 Å². The van der Waals surface area contributed by atoms with Crippen molar-refractivity contribution in [2.45, 2.75) is 32.5 Å². The van der Waals surface area contributed by atoms with E-state index in [4.69, 9.17) is 4.74 Å². The summed E-state index contributed by atoms with van der Waals surface area (Å²) in [5.41, 5.74) is -2.87. The van der Waals surface area contributed by atoms with Crippen LogP contribution in [0.1, 0.15) is 25.3 Å². The molecule has 28 heavy (non-hydrogen) atoms. The highest BCUT2D eigenvalue weighted by Gasteiger charge is 2.35. The highest BCUT2D eigenvalue weighted by atomic mass is 19.4. The van der Waals surface area contributed by atoms with E-state index in [0.29, 0.717) is 17.7 Å². The lowest BCUT2D eigenvalue weighted by atomic mass is 10.1. The van der Waals surface area contributed by atoms with E-state index in [-0.39, 0.29) is 17.9 Å². The Hall–Kier alpha value is -3.10. The van der Waals surface area contributed by atoms with E-state index in [2.05, 4.69) is 4.98 Å². The minimum Gasteiger partial charge on any atom is -0.497 e. The van der Waals surface area contributed by atoms with Crippen molar-refractivity contribution in [3.05, 3.63) is 56.7 Å². The topological polar surface area (TPSA) is 77.0 Å². The second-order valence-electron chi connectivity index (χ2n) is 6.24. The fraction of sp³-hybridized carbons (Fsp3) is 0.316. The van der Waals surface area contributed by atoms with Crippen molar-refractivity contribution >= 4 is 11.0 Å². The molecule has 1 aromatic carbocycles. The Kier molecular flexibility index (Phi) is 5.26. The molecule has 0 aliphatic heterocycles. The number of nitrogens with one attached hydrogen (secondary N) is 1. The maximum Gasteiger partial charge on any atom is 0.417 e. The number of unbranched alkanes of at least 4 members (excludes halogenated alkanes) is 1. The molecular weight excluding hydrogens is 375 g/mol. The smallest absolute Gasteiger partial charge is 0.417 e. The molecular formula is C19H18F3N3O3. The van der Waals surface area contributed by atoms with E-state index in [1.807, 2.05) is 11.9 Å². The van der Waals surface area contributed by atoms with Crippen LogP contribution in [0.3, 0.4) is 0 Å². The van der Waals surface area contributed by atoms with Crippen molar-refractivity contribution in [1.29, 1.82) is 0 Å². The van der Waals surface area contributed by atoms with Gasteiger partial charge in [-0.15, -0.1) is 0 Å². The molecule has 0 amide bonds. The fourth-order valence-corrected chi connectivity index (χ4v) is 2.93. The van der Waals surface area contributed by atoms with Crippen molar-refractivity contribution in [3.63, 3.8) is 0 Å². The number of fused-ring (bicyclic) bond motifs is 1. The standard InChI is InChI=1S/C19H18F3N3O3/c1-3-4-9-25-16-15(17(26)24-18(25)27)13(19(20,21)22)10-14(23-16)11-5-7-12(28-2)8-6-11/h5-8,10H,3-4,9H2,1-2H3,(H,24,26,27). The van der Waals surface area contributed by atoms with Gasteiger partial charge in [-0.1, -0.05) is 13.3 Å². The molecule has 3 rings (SSSR count). The summed E-state index contributed by atoms with van der Waals surface area (Å²) in [7, 11) is 1.48. The van der Waals surface area contributed by atoms with E-state index in [9.17, 15) is 22.8 Å². The molecule has 0 unspecified atom stereocenters. The molecule has 0 saturated carbocycles. The average molecular weight is 393 g/mol. The number of H-pyrrole nitrogens is 1. The molecule has 2 heterocycles. The number of rotatable bonds is 5. The monoisotopic (exact) mass is 393 g/mol. The van der Waals surface area contributed by atoms with Crippen LogP contribution in [0, 0.1) is 0 Å². The minimum atomic E-state index is -4.79. The van der Waals surface area contributed by atoms with Gasteiger partial charge in [0.05, 0.1) is 23.8 Å². The summed E-state index contributed by atoms with van der Waals surface area (Å²) in [6.07, 6.45) is -3.52. The third-order valence-corrected chi connectivity index (χ3v) is 4.38. The van der Waals surface area contributed by atoms with Crippen LogP contribution in [0.4, 0.5) is 13.2 Å². The number of benzene rings is 1. The largest absolute Gasteiger partial charge is 0.497 e. The Balaban J connectivity index is 2.37. The van der Waals surface area contributed by atoms with Crippen LogP contribution in [-0.4, -0.2) is 21.6 Å². The highest BCUT2D eigenvalue weighted by Crippen LogP contribution is 2.35. The zero-order valence-corrected chi connectivity index (χ0v) is 15.3. The van der Waals surface area contributed by atoms with Gasteiger partial charge >= 0.3 is 11.9 Å². The molecule has 0 saturated heterocycles. The molecule has 0 atom stereocenters. The summed E-state index contributed by atoms with van der Waals surface area (Å²) < 4.78 is 47.3. The number of hydrogen-bond acceptors (Lipinski definition) is 4. The summed E-state index contributed by atoms with van der Waals surface area (Å²) >= 11 is 0. The second kappa shape index (κ2) is 7.49. The van der Waals surface area contributed by atoms with Crippen LogP contribution in [0.15, 0.2) is 39.9 Å². The van der Waals surface area contributed by atoms with Crippen molar-refractivity contribution in [2.75, 3.05) is 7.11 Å². The number of hydrogen-bond donors (Lipinski definition) is 1. The first-order valence-electron chi connectivity index (χ1n) is 8.65. The van der Waals surface area contributed by atoms with E-state index in [1.165, 1.54) is 7.11 Å². The molecule has 148 valence electrons. The zero-order chi connectivity index (χ0) is 20.5. The summed E-state index contributed by atoms with van der Waals surface area (Å²) in [6.45, 7) is 2.04. The molecule has 0 fully saturated rings. The van der Waals surface area contributed by atoms with Gasteiger partial charge < -0.3 is 4.74 Å². The van der Waals surface area contributed by atoms with Crippen LogP contribution in [-0.2, 0) is 12.7 Å². The van der Waals surface area contributed by atoms with Crippen LogP contribution in [0.2, 0.25) is 0 Å². The SMILES string of the molecule is CCCCn1c(=O)[nH]c(=O)c2c(C(F)(F)F)cc(-c3ccc(OC)cc3)nc21. The molecule has 0 aliphatic rings. The maximum absolute atomic E-state index is 13.7. The molecule has 0 radical (unpaired) electrons. The number of halogens is 3. The molecule has 3 aromatic rings. The summed E-state index contributed by atoms with van der Waals surface area (Å²) in [4.78, 5) is 30.6. The number of pyridine rings is 1. The van der Waals surface area contributed by atoms with Gasteiger partial charge in [-0.2, -0.15) is 13.2 Å². The van der Waals surface area contributed by atoms with Crippen molar-refractivity contribution in [3.8, 4) is 17.0 Å². The maximum atomic E-state index is 13.7. The lowest BCUT2D eigenvalue weighted by Crippen LogP contribution is -2.32. The lowest BCUT2D eigenvalue weighted by Gasteiger charge is -2.15. The molecule has 0 bridgehead atoms. The zero-order valence-electron chi connectivity index (χ0n) is 15.3. The summed E-state index contributed by atoms with van der Waals surface area (Å²) in [6, 6.07) is 7.14. The lowest BCUT2D eigenvalue weighted by molar-refractivity contribution is -0.136. The normalized spacial score (nSPS) is 11.8. The van der Waals surface area contributed by atoms with E-state index >= 15 is 0 Å². The molecule has 0 aliphatic carbocycles. The van der Waals surface area contributed by atoms with Crippen LogP contribution in [0.25, 0.3) is 22.3 Å². The molecule has 6 nitrogen and oxygen atoms in total. The Bertz CT molecular complexity index is 1120. The third kappa shape index (κ3) is 3.64. The van der Waals surface area contributed by atoms with Crippen molar-refractivity contribution in [2.24, 2.45) is 0 Å². The number of methoxy groups -OCH3 is 1. The van der Waals surface area contributed by atoms with Gasteiger partial charge in [0.2, 0.25) is 0 Å². The Morgan fingerprint density at radius 3 is 2.43 bits per heavy atom. The van der Waals surface area contributed by atoms with Gasteiger partial charge in [-0.25, -0.2) is 9.78 Å². The van der Waals surface area contributed by atoms with Gasteiger partial charge in [0.25, 0.3) is 5.56 Å². The molecule has 2 aromatic heterocycles. The van der Waals surface area contributed by atoms with Crippen LogP contribution >= 0.6 is 0 Å². The fourth-order valence-electron chi connectivity index (χ4n) is 2.93. The highest BCUT2D eigenvalue weighted by molar-refractivity contribution is 5.82. The van der Waals surface area contributed by atoms with Crippen LogP contribution < -0.4 is 16.0 Å². The molecule has 9 heteroatoms. The molecule has 1 N–H and O–H groups in total. The average Bonchev–Trinajstić information content (AvgIpc) is 2.66. The van der Waals surface area contributed by atoms with E-state index < -0.39 is 28.4 Å². The number of nitrogens with zero attached hydrogens (tertiary/aromatic N) is 2. The van der Waals surface area contributed by atoms with Gasteiger partial charge in [0.1, 0.15) is 5.75 Å². The number of aromatic amines is 1. The third-order valence-electron chi connectivity index (χ3n) is 4.38. The van der Waals surface area contributed by atoms with Gasteiger partial charge in [-0.05, 0) is 36.8 Å². The summed E-state index contributed by atoms with van der Waals surface area (Å²) in [5, 5.41) is -0.638. The molecule has 0 spiro atoms. The quantitative estimate of drug-likeness (QED) is 0.719. The number of aromatic nitrogens is 3. The first-order valence-corrected chi connectivity index (χ1v) is 8.65. The number of ether oxygens (including phenoxy) is 1. The first-order chi connectivity index (χ1) is 13.3. The Morgan fingerprint density at radius 2 is 1.86 bits per heavy atom. The van der Waals surface area contributed by atoms with E-state index in [0.717, 1.165) is 17.1 Å². The Morgan fingerprint density at radius 1 is 1.18 bits per heavy atom. The van der Waals surface area contributed by atoms with Gasteiger partial charge in [0, 0.05) is 12.1 Å².